The van der Waals surface area contributed by atoms with Crippen LogP contribution in [0, 0.1) is 6.92 Å². The van der Waals surface area contributed by atoms with Gasteiger partial charge >= 0.3 is 0 Å². The van der Waals surface area contributed by atoms with Gasteiger partial charge in [-0.2, -0.15) is 0 Å². The summed E-state index contributed by atoms with van der Waals surface area (Å²) in [5, 5.41) is 3.46. The highest BCUT2D eigenvalue weighted by Gasteiger charge is 2.24. The van der Waals surface area contributed by atoms with Gasteiger partial charge in [0.15, 0.2) is 0 Å². The van der Waals surface area contributed by atoms with Crippen molar-refractivity contribution < 1.29 is 0 Å². The normalized spacial score (nSPS) is 25.9. The average Bonchev–Trinajstić information content (AvgIpc) is 2.15. The molecule has 16 heavy (non-hydrogen) atoms. The highest BCUT2D eigenvalue weighted by Crippen LogP contribution is 2.26. The molecule has 1 aromatic rings. The summed E-state index contributed by atoms with van der Waals surface area (Å²) in [4.78, 5) is 2.51. The maximum absolute atomic E-state index is 3.58. The lowest BCUT2D eigenvalue weighted by molar-refractivity contribution is 0.432. The van der Waals surface area contributed by atoms with Crippen molar-refractivity contribution in [3.63, 3.8) is 0 Å². The molecule has 1 heterocycles. The standard InChI is InChI=1S/C13H19BrN2/c1-9-4-12(14)6-13(5-9)16-10(2)7-15-8-11(16)3/h4-6,10-11,15H,7-8H2,1-3H3/t10-,11+. The molecule has 0 spiro atoms. The topological polar surface area (TPSA) is 15.3 Å². The Bertz CT molecular complexity index is 348. The molecule has 2 rings (SSSR count). The molecule has 1 saturated heterocycles. The molecule has 0 aromatic heterocycles. The van der Waals surface area contributed by atoms with Gasteiger partial charge < -0.3 is 10.2 Å². The number of nitrogens with one attached hydrogen (secondary N) is 1. The van der Waals surface area contributed by atoms with E-state index in [1.807, 2.05) is 0 Å². The van der Waals surface area contributed by atoms with Crippen LogP contribution in [0.3, 0.4) is 0 Å². The smallest absolute Gasteiger partial charge is 0.0389 e. The largest absolute Gasteiger partial charge is 0.364 e. The molecule has 2 nitrogen and oxygen atoms in total. The summed E-state index contributed by atoms with van der Waals surface area (Å²) >= 11 is 3.58. The number of piperazine rings is 1. The van der Waals surface area contributed by atoms with Gasteiger partial charge in [0.05, 0.1) is 0 Å². The summed E-state index contributed by atoms with van der Waals surface area (Å²) in [5.41, 5.74) is 2.63. The van der Waals surface area contributed by atoms with Crippen molar-refractivity contribution in [2.75, 3.05) is 18.0 Å². The molecule has 0 unspecified atom stereocenters. The summed E-state index contributed by atoms with van der Waals surface area (Å²) < 4.78 is 1.17. The van der Waals surface area contributed by atoms with Gasteiger partial charge in [0.1, 0.15) is 0 Å². The second kappa shape index (κ2) is 4.76. The van der Waals surface area contributed by atoms with Gasteiger partial charge in [-0.15, -0.1) is 0 Å². The van der Waals surface area contributed by atoms with Crippen molar-refractivity contribution in [1.29, 1.82) is 0 Å². The van der Waals surface area contributed by atoms with Gasteiger partial charge in [-0.25, -0.2) is 0 Å². The van der Waals surface area contributed by atoms with E-state index in [2.05, 4.69) is 65.1 Å². The Morgan fingerprint density at radius 3 is 2.38 bits per heavy atom. The summed E-state index contributed by atoms with van der Waals surface area (Å²) in [6, 6.07) is 7.74. The summed E-state index contributed by atoms with van der Waals surface area (Å²) in [5.74, 6) is 0. The molecule has 0 amide bonds. The van der Waals surface area contributed by atoms with Crippen molar-refractivity contribution in [2.45, 2.75) is 32.9 Å². The SMILES string of the molecule is Cc1cc(Br)cc(N2[C@H](C)CNC[C@@H]2C)c1. The van der Waals surface area contributed by atoms with Gasteiger partial charge in [0.2, 0.25) is 0 Å². The number of benzene rings is 1. The maximum Gasteiger partial charge on any atom is 0.0389 e. The fraction of sp³-hybridized carbons (Fsp3) is 0.538. The fourth-order valence-corrected chi connectivity index (χ4v) is 3.10. The van der Waals surface area contributed by atoms with E-state index in [1.165, 1.54) is 15.7 Å². The van der Waals surface area contributed by atoms with Crippen LogP contribution in [0.25, 0.3) is 0 Å². The third-order valence-corrected chi connectivity index (χ3v) is 3.61. The number of aryl methyl sites for hydroxylation is 1. The van der Waals surface area contributed by atoms with E-state index < -0.39 is 0 Å². The number of halogens is 1. The van der Waals surface area contributed by atoms with E-state index in [1.54, 1.807) is 0 Å². The lowest BCUT2D eigenvalue weighted by Crippen LogP contribution is -2.55. The number of rotatable bonds is 1. The fourth-order valence-electron chi connectivity index (χ4n) is 2.51. The molecule has 1 fully saturated rings. The molecule has 1 N–H and O–H groups in total. The first-order valence-corrected chi connectivity index (χ1v) is 6.63. The summed E-state index contributed by atoms with van der Waals surface area (Å²) in [6.07, 6.45) is 0. The monoisotopic (exact) mass is 282 g/mol. The van der Waals surface area contributed by atoms with Crippen LogP contribution in [-0.4, -0.2) is 25.2 Å². The predicted molar refractivity (Wildman–Crippen MR) is 73.2 cm³/mol. The van der Waals surface area contributed by atoms with Crippen LogP contribution in [0.1, 0.15) is 19.4 Å². The maximum atomic E-state index is 3.58. The lowest BCUT2D eigenvalue weighted by Gasteiger charge is -2.41. The van der Waals surface area contributed by atoms with Gasteiger partial charge in [0.25, 0.3) is 0 Å². The Morgan fingerprint density at radius 1 is 1.19 bits per heavy atom. The highest BCUT2D eigenvalue weighted by atomic mass is 79.9. The quantitative estimate of drug-likeness (QED) is 0.852. The average molecular weight is 283 g/mol. The molecule has 1 aliphatic heterocycles. The van der Waals surface area contributed by atoms with Gasteiger partial charge in [0, 0.05) is 35.3 Å². The van der Waals surface area contributed by atoms with E-state index in [-0.39, 0.29) is 0 Å². The Kier molecular flexibility index (Phi) is 3.55. The number of nitrogens with zero attached hydrogens (tertiary/aromatic N) is 1. The summed E-state index contributed by atoms with van der Waals surface area (Å²) in [7, 11) is 0. The van der Waals surface area contributed by atoms with Crippen LogP contribution in [-0.2, 0) is 0 Å². The van der Waals surface area contributed by atoms with Gasteiger partial charge in [-0.05, 0) is 44.5 Å². The van der Waals surface area contributed by atoms with Crippen LogP contribution in [0.2, 0.25) is 0 Å². The second-order valence-electron chi connectivity index (χ2n) is 4.75. The van der Waals surface area contributed by atoms with Crippen LogP contribution < -0.4 is 10.2 Å². The van der Waals surface area contributed by atoms with Crippen LogP contribution >= 0.6 is 15.9 Å². The lowest BCUT2D eigenvalue weighted by atomic mass is 10.1. The molecule has 3 heteroatoms. The zero-order chi connectivity index (χ0) is 11.7. The first-order valence-electron chi connectivity index (χ1n) is 5.84. The van der Waals surface area contributed by atoms with Crippen LogP contribution in [0.15, 0.2) is 22.7 Å². The Morgan fingerprint density at radius 2 is 1.81 bits per heavy atom. The van der Waals surface area contributed by atoms with E-state index in [0.29, 0.717) is 12.1 Å². The Labute approximate surface area is 106 Å². The minimum Gasteiger partial charge on any atom is -0.364 e. The Balaban J connectivity index is 2.33. The third kappa shape index (κ3) is 2.41. The number of anilines is 1. The van der Waals surface area contributed by atoms with Crippen LogP contribution in [0.4, 0.5) is 5.69 Å². The Hall–Kier alpha value is -0.540. The van der Waals surface area contributed by atoms with Crippen molar-refractivity contribution in [3.05, 3.63) is 28.2 Å². The third-order valence-electron chi connectivity index (χ3n) is 3.15. The molecule has 0 bridgehead atoms. The van der Waals surface area contributed by atoms with Crippen LogP contribution in [0.5, 0.6) is 0 Å². The molecular formula is C13H19BrN2. The van der Waals surface area contributed by atoms with Crippen molar-refractivity contribution >= 4 is 21.6 Å². The van der Waals surface area contributed by atoms with Crippen molar-refractivity contribution in [2.24, 2.45) is 0 Å². The zero-order valence-electron chi connectivity index (χ0n) is 10.1. The van der Waals surface area contributed by atoms with E-state index in [9.17, 15) is 0 Å². The molecule has 2 atom stereocenters. The number of hydrogen-bond donors (Lipinski definition) is 1. The van der Waals surface area contributed by atoms with E-state index >= 15 is 0 Å². The molecule has 1 aromatic carbocycles. The molecular weight excluding hydrogens is 264 g/mol. The number of hydrogen-bond acceptors (Lipinski definition) is 2. The first kappa shape index (κ1) is 11.9. The molecule has 1 aliphatic rings. The zero-order valence-corrected chi connectivity index (χ0v) is 11.7. The summed E-state index contributed by atoms with van der Waals surface area (Å²) in [6.45, 7) is 8.83. The molecule has 0 radical (unpaired) electrons. The van der Waals surface area contributed by atoms with Crippen molar-refractivity contribution in [1.82, 2.24) is 5.32 Å². The second-order valence-corrected chi connectivity index (χ2v) is 5.67. The molecule has 88 valence electrons. The first-order chi connectivity index (χ1) is 7.58. The van der Waals surface area contributed by atoms with Gasteiger partial charge in [-0.3, -0.25) is 0 Å². The minimum absolute atomic E-state index is 0.553. The minimum atomic E-state index is 0.553. The van der Waals surface area contributed by atoms with Gasteiger partial charge in [-0.1, -0.05) is 15.9 Å². The van der Waals surface area contributed by atoms with Crippen molar-refractivity contribution in [3.8, 4) is 0 Å². The van der Waals surface area contributed by atoms with E-state index in [4.69, 9.17) is 0 Å². The molecule has 0 aliphatic carbocycles. The predicted octanol–water partition coefficient (Wildman–Crippen LogP) is 2.94. The molecule has 0 saturated carbocycles. The highest BCUT2D eigenvalue weighted by molar-refractivity contribution is 9.10. The van der Waals surface area contributed by atoms with E-state index in [0.717, 1.165) is 13.1 Å².